The van der Waals surface area contributed by atoms with Gasteiger partial charge in [-0.05, 0) is 67.2 Å². The summed E-state index contributed by atoms with van der Waals surface area (Å²) in [6, 6.07) is 15.0. The van der Waals surface area contributed by atoms with Crippen molar-refractivity contribution in [1.82, 2.24) is 0 Å². The van der Waals surface area contributed by atoms with E-state index in [1.54, 1.807) is 0 Å². The predicted molar refractivity (Wildman–Crippen MR) is 344 cm³/mol. The van der Waals surface area contributed by atoms with Gasteiger partial charge in [0.1, 0.15) is 24.4 Å². The first-order valence-electron chi connectivity index (χ1n) is 33.9. The van der Waals surface area contributed by atoms with Gasteiger partial charge in [-0.1, -0.05) is 295 Å². The SMILES string of the molecule is CCCCCCCCCCCCCCCCCCC=CC(=Nc1ccc(CC(O)C(O)C(O)CO)cc1)C(CCCCCCCCCCCCCCCCCCCCCCCCCCC)=Nc1ccc(CC(O)C(O)C(O)CO)cc1.[Ni]. The molecule has 0 aliphatic heterocycles. The summed E-state index contributed by atoms with van der Waals surface area (Å²) in [5.41, 5.74) is 4.66. The van der Waals surface area contributed by atoms with Crippen molar-refractivity contribution in [3.63, 3.8) is 0 Å². The van der Waals surface area contributed by atoms with Gasteiger partial charge in [0.05, 0.1) is 48.2 Å². The van der Waals surface area contributed by atoms with Gasteiger partial charge < -0.3 is 40.9 Å². The molecule has 0 aromatic heterocycles. The molecular formula is C71H124N2NiO8. The molecule has 0 aliphatic rings. The fourth-order valence-electron chi connectivity index (χ4n) is 11.0. The molecule has 0 spiro atoms. The van der Waals surface area contributed by atoms with Gasteiger partial charge in [0.2, 0.25) is 0 Å². The maximum Gasteiger partial charge on any atom is 0.108 e. The maximum absolute atomic E-state index is 10.6. The summed E-state index contributed by atoms with van der Waals surface area (Å²) in [7, 11) is 0. The molecular weight excluding hydrogens is 1070 g/mol. The van der Waals surface area contributed by atoms with Crippen LogP contribution < -0.4 is 0 Å². The Labute approximate surface area is 512 Å². The van der Waals surface area contributed by atoms with E-state index in [0.29, 0.717) is 0 Å². The van der Waals surface area contributed by atoms with Crippen LogP contribution in [0.2, 0.25) is 0 Å². The maximum atomic E-state index is 10.6. The number of unbranched alkanes of at least 4 members (excludes halogenated alkanes) is 40. The van der Waals surface area contributed by atoms with Crippen molar-refractivity contribution in [2.45, 2.75) is 339 Å². The van der Waals surface area contributed by atoms with Gasteiger partial charge in [-0.2, -0.15) is 0 Å². The molecule has 11 heteroatoms. The van der Waals surface area contributed by atoms with E-state index >= 15 is 0 Å². The van der Waals surface area contributed by atoms with E-state index in [4.69, 9.17) is 9.98 Å². The second kappa shape index (κ2) is 55.3. The first-order chi connectivity index (χ1) is 39.6. The van der Waals surface area contributed by atoms with Gasteiger partial charge in [0.15, 0.2) is 0 Å². The Morgan fingerprint density at radius 2 is 0.622 bits per heavy atom. The third-order valence-corrected chi connectivity index (χ3v) is 16.5. The molecule has 0 aliphatic carbocycles. The molecule has 0 bridgehead atoms. The molecule has 476 valence electrons. The molecule has 0 saturated carbocycles. The van der Waals surface area contributed by atoms with Crippen LogP contribution in [0, 0.1) is 0 Å². The Morgan fingerprint density at radius 3 is 0.915 bits per heavy atom. The van der Waals surface area contributed by atoms with E-state index in [9.17, 15) is 40.9 Å². The molecule has 10 nitrogen and oxygen atoms in total. The molecule has 0 amide bonds. The smallest absolute Gasteiger partial charge is 0.108 e. The summed E-state index contributed by atoms with van der Waals surface area (Å²) < 4.78 is 0. The number of aliphatic hydroxyl groups is 8. The Balaban J connectivity index is 0.0000336. The fourth-order valence-corrected chi connectivity index (χ4v) is 11.0. The van der Waals surface area contributed by atoms with Gasteiger partial charge in [0, 0.05) is 29.3 Å². The first-order valence-corrected chi connectivity index (χ1v) is 33.9. The summed E-state index contributed by atoms with van der Waals surface area (Å²) >= 11 is 0. The number of allylic oxidation sites excluding steroid dienone is 2. The van der Waals surface area contributed by atoms with Crippen molar-refractivity contribution < 1.29 is 57.3 Å². The van der Waals surface area contributed by atoms with Crippen LogP contribution in [0.15, 0.2) is 70.7 Å². The van der Waals surface area contributed by atoms with E-state index in [1.807, 2.05) is 48.5 Å². The quantitative estimate of drug-likeness (QED) is 0.0183. The number of rotatable bonds is 57. The van der Waals surface area contributed by atoms with Crippen LogP contribution in [0.5, 0.6) is 0 Å². The van der Waals surface area contributed by atoms with Crippen LogP contribution in [0.25, 0.3) is 0 Å². The third-order valence-electron chi connectivity index (χ3n) is 16.5. The van der Waals surface area contributed by atoms with Crippen LogP contribution in [-0.4, -0.2) is 102 Å². The number of aliphatic hydroxyl groups excluding tert-OH is 8. The van der Waals surface area contributed by atoms with Gasteiger partial charge >= 0.3 is 0 Å². The minimum Gasteiger partial charge on any atom is -0.394 e. The first kappa shape index (κ1) is 77.7. The zero-order chi connectivity index (χ0) is 58.6. The van der Waals surface area contributed by atoms with Gasteiger partial charge in [-0.3, -0.25) is 4.99 Å². The zero-order valence-electron chi connectivity index (χ0n) is 52.3. The number of nitrogens with zero attached hydrogens (tertiary/aromatic N) is 2. The average Bonchev–Trinajstić information content (AvgIpc) is 3.52. The molecule has 2 aromatic carbocycles. The summed E-state index contributed by atoms with van der Waals surface area (Å²) in [4.78, 5) is 10.4. The molecule has 2 aromatic rings. The second-order valence-electron chi connectivity index (χ2n) is 24.1. The molecule has 82 heavy (non-hydrogen) atoms. The fraction of sp³-hybridized carbons (Fsp3) is 0.775. The number of hydrogen-bond acceptors (Lipinski definition) is 10. The molecule has 0 radical (unpaired) electrons. The van der Waals surface area contributed by atoms with Gasteiger partial charge in [0.25, 0.3) is 0 Å². The van der Waals surface area contributed by atoms with Crippen molar-refractivity contribution in [3.05, 3.63) is 71.8 Å². The van der Waals surface area contributed by atoms with Crippen molar-refractivity contribution in [3.8, 4) is 0 Å². The summed E-state index contributed by atoms with van der Waals surface area (Å²) in [6.45, 7) is 3.29. The number of hydrogen-bond donors (Lipinski definition) is 8. The normalized spacial score (nSPS) is 14.5. The Bertz CT molecular complexity index is 1790. The predicted octanol–water partition coefficient (Wildman–Crippen LogP) is 17.1. The molecule has 0 fully saturated rings. The molecule has 0 heterocycles. The Kier molecular flexibility index (Phi) is 52.4. The minimum atomic E-state index is -1.47. The van der Waals surface area contributed by atoms with E-state index < -0.39 is 49.8 Å². The van der Waals surface area contributed by atoms with Crippen molar-refractivity contribution in [1.29, 1.82) is 0 Å². The molecule has 2 rings (SSSR count). The molecule has 6 atom stereocenters. The zero-order valence-corrected chi connectivity index (χ0v) is 53.2. The summed E-state index contributed by atoms with van der Waals surface area (Å²) in [5.74, 6) is 0. The van der Waals surface area contributed by atoms with E-state index in [1.165, 1.54) is 244 Å². The van der Waals surface area contributed by atoms with E-state index in [-0.39, 0.29) is 29.3 Å². The second-order valence-corrected chi connectivity index (χ2v) is 24.1. The number of benzene rings is 2. The van der Waals surface area contributed by atoms with E-state index in [2.05, 4.69) is 26.0 Å². The topological polar surface area (TPSA) is 187 Å². The van der Waals surface area contributed by atoms with Crippen molar-refractivity contribution >= 4 is 22.8 Å². The molecule has 6 unspecified atom stereocenters. The Hall–Kier alpha value is -2.31. The van der Waals surface area contributed by atoms with Crippen LogP contribution in [0.1, 0.15) is 301 Å². The standard InChI is InChI=1S/C71H124N2O8.Ni/c1-3-5-7-9-11-13-15-17-19-21-23-24-25-26-27-28-29-31-33-35-37-39-41-43-45-47-65(73-63-54-50-61(51-55-63)57-67(77)71(81)69(79)59-75)64(72-62-52-48-60(49-53-62)56-66(76)70(80)68(78)58-74)46-44-42-40-38-36-34-32-30-22-20-18-16-14-12-10-8-6-4-2;/h44,46,48-55,66-71,74-81H,3-43,45,47,56-59H2,1-2H3;. The van der Waals surface area contributed by atoms with Crippen molar-refractivity contribution in [2.75, 3.05) is 13.2 Å². The minimum absolute atomic E-state index is 0. The Morgan fingerprint density at radius 1 is 0.354 bits per heavy atom. The third kappa shape index (κ3) is 41.7. The van der Waals surface area contributed by atoms with Crippen LogP contribution in [0.3, 0.4) is 0 Å². The monoisotopic (exact) mass is 1190 g/mol. The molecule has 0 saturated heterocycles. The van der Waals surface area contributed by atoms with Crippen LogP contribution in [-0.2, 0) is 29.3 Å². The molecule has 8 N–H and O–H groups in total. The van der Waals surface area contributed by atoms with Gasteiger partial charge in [-0.15, -0.1) is 0 Å². The van der Waals surface area contributed by atoms with Crippen LogP contribution >= 0.6 is 0 Å². The van der Waals surface area contributed by atoms with Crippen molar-refractivity contribution in [2.24, 2.45) is 9.98 Å². The van der Waals surface area contributed by atoms with E-state index in [0.717, 1.165) is 66.0 Å². The summed E-state index contributed by atoms with van der Waals surface area (Å²) in [5, 5.41) is 80.0. The average molecular weight is 1190 g/mol. The summed E-state index contributed by atoms with van der Waals surface area (Å²) in [6.07, 6.45) is 53.1. The largest absolute Gasteiger partial charge is 0.394 e. The number of aliphatic imine (C=N–C) groups is 2. The van der Waals surface area contributed by atoms with Crippen LogP contribution in [0.4, 0.5) is 11.4 Å². The van der Waals surface area contributed by atoms with Gasteiger partial charge in [-0.25, -0.2) is 4.99 Å².